The van der Waals surface area contributed by atoms with Crippen LogP contribution in [0.1, 0.15) is 12.5 Å². The number of carbonyl (C=O) groups is 1. The molecule has 1 aromatic rings. The van der Waals surface area contributed by atoms with E-state index in [9.17, 15) is 4.79 Å². The molecule has 1 rings (SSSR count). The molecule has 0 aromatic heterocycles. The first-order valence-corrected chi connectivity index (χ1v) is 7.45. The smallest absolute Gasteiger partial charge is 0.330 e. The molecule has 0 heterocycles. The molecular weight excluding hydrogens is 432 g/mol. The zero-order valence-corrected chi connectivity index (χ0v) is 14.6. The van der Waals surface area contributed by atoms with E-state index in [1.807, 2.05) is 6.07 Å². The summed E-state index contributed by atoms with van der Waals surface area (Å²) in [6.07, 6.45) is 3.04. The molecule has 0 saturated heterocycles. The van der Waals surface area contributed by atoms with Crippen LogP contribution in [0.3, 0.4) is 0 Å². The third-order valence-corrected chi connectivity index (χ3v) is 4.07. The van der Waals surface area contributed by atoms with Crippen LogP contribution in [0.25, 0.3) is 6.08 Å². The molecule has 0 aliphatic carbocycles. The molecule has 6 heteroatoms. The fourth-order valence-corrected chi connectivity index (χ4v) is 3.98. The fraction of sp³-hybridized carbons (Fsp3) is 0.250. The second-order valence-corrected chi connectivity index (χ2v) is 5.69. The van der Waals surface area contributed by atoms with E-state index in [4.69, 9.17) is 9.47 Å². The van der Waals surface area contributed by atoms with Gasteiger partial charge in [-0.25, -0.2) is 4.79 Å². The summed E-state index contributed by atoms with van der Waals surface area (Å²) in [6, 6.07) is 1.86. The lowest BCUT2D eigenvalue weighted by atomic mass is 10.2. The lowest BCUT2D eigenvalue weighted by Crippen LogP contribution is -1.99. The van der Waals surface area contributed by atoms with Gasteiger partial charge in [0.15, 0.2) is 0 Å². The Bertz CT molecular complexity index is 484. The lowest BCUT2D eigenvalue weighted by Gasteiger charge is -2.10. The first-order chi connectivity index (χ1) is 8.51. The van der Waals surface area contributed by atoms with Gasteiger partial charge in [-0.05, 0) is 50.9 Å². The van der Waals surface area contributed by atoms with E-state index in [0.717, 1.165) is 19.0 Å². The first-order valence-electron chi connectivity index (χ1n) is 5.07. The number of ether oxygens (including phenoxy) is 2. The molecule has 0 unspecified atom stereocenters. The molecule has 0 bridgehead atoms. The molecule has 1 aromatic carbocycles. The highest BCUT2D eigenvalue weighted by atomic mass is 79.9. The summed E-state index contributed by atoms with van der Waals surface area (Å²) >= 11 is 10.3. The van der Waals surface area contributed by atoms with E-state index < -0.39 is 0 Å². The van der Waals surface area contributed by atoms with Crippen LogP contribution in [0.2, 0.25) is 0 Å². The highest BCUT2D eigenvalue weighted by Gasteiger charge is 2.13. The normalized spacial score (nSPS) is 10.7. The van der Waals surface area contributed by atoms with Gasteiger partial charge in [0.25, 0.3) is 0 Å². The number of carbonyl (C=O) groups excluding carboxylic acids is 1. The summed E-state index contributed by atoms with van der Waals surface area (Å²) in [7, 11) is 1.58. The standard InChI is InChI=1S/C12H11Br3O3/c1-3-18-10(16)5-4-7-8(13)6-9(14)12(17-2)11(7)15/h4-6H,3H2,1-2H3/b5-4+. The molecule has 98 valence electrons. The molecule has 0 spiro atoms. The van der Waals surface area contributed by atoms with Gasteiger partial charge in [-0.2, -0.15) is 0 Å². The number of rotatable bonds is 4. The predicted molar refractivity (Wildman–Crippen MR) is 81.8 cm³/mol. The van der Waals surface area contributed by atoms with Crippen LogP contribution in [-0.4, -0.2) is 19.7 Å². The molecule has 0 aliphatic rings. The number of methoxy groups -OCH3 is 1. The minimum absolute atomic E-state index is 0.356. The Morgan fingerprint density at radius 1 is 1.33 bits per heavy atom. The van der Waals surface area contributed by atoms with E-state index in [1.165, 1.54) is 6.08 Å². The highest BCUT2D eigenvalue weighted by Crippen LogP contribution is 2.40. The van der Waals surface area contributed by atoms with Gasteiger partial charge in [0.1, 0.15) is 5.75 Å². The molecule has 18 heavy (non-hydrogen) atoms. The summed E-state index contributed by atoms with van der Waals surface area (Å²) < 4.78 is 12.5. The van der Waals surface area contributed by atoms with Crippen LogP contribution in [0.5, 0.6) is 5.75 Å². The average molecular weight is 443 g/mol. The van der Waals surface area contributed by atoms with Crippen LogP contribution in [-0.2, 0) is 9.53 Å². The third-order valence-electron chi connectivity index (χ3n) is 2.04. The van der Waals surface area contributed by atoms with Gasteiger partial charge in [0, 0.05) is 16.1 Å². The Hall–Kier alpha value is -0.330. The van der Waals surface area contributed by atoms with Crippen molar-refractivity contribution in [3.8, 4) is 5.75 Å². The predicted octanol–water partition coefficient (Wildman–Crippen LogP) is 4.56. The molecule has 0 atom stereocenters. The maximum Gasteiger partial charge on any atom is 0.330 e. The van der Waals surface area contributed by atoms with Crippen LogP contribution in [0.4, 0.5) is 0 Å². The van der Waals surface area contributed by atoms with E-state index in [1.54, 1.807) is 20.1 Å². The lowest BCUT2D eigenvalue weighted by molar-refractivity contribution is -0.137. The Kier molecular flexibility index (Phi) is 6.38. The number of benzene rings is 1. The van der Waals surface area contributed by atoms with Crippen LogP contribution in [0.15, 0.2) is 25.6 Å². The Balaban J connectivity index is 3.13. The molecule has 0 aliphatic heterocycles. The monoisotopic (exact) mass is 440 g/mol. The molecule has 0 radical (unpaired) electrons. The van der Waals surface area contributed by atoms with Crippen LogP contribution >= 0.6 is 47.8 Å². The van der Waals surface area contributed by atoms with Crippen molar-refractivity contribution in [2.75, 3.05) is 13.7 Å². The quantitative estimate of drug-likeness (QED) is 0.506. The van der Waals surface area contributed by atoms with Gasteiger partial charge in [-0.3, -0.25) is 0 Å². The van der Waals surface area contributed by atoms with E-state index in [-0.39, 0.29) is 5.97 Å². The maximum atomic E-state index is 11.3. The Morgan fingerprint density at radius 3 is 2.56 bits per heavy atom. The van der Waals surface area contributed by atoms with Crippen molar-refractivity contribution >= 4 is 59.8 Å². The maximum absolute atomic E-state index is 11.3. The topological polar surface area (TPSA) is 35.5 Å². The zero-order chi connectivity index (χ0) is 13.7. The van der Waals surface area contributed by atoms with E-state index >= 15 is 0 Å². The van der Waals surface area contributed by atoms with Crippen molar-refractivity contribution in [3.05, 3.63) is 31.1 Å². The summed E-state index contributed by atoms with van der Waals surface area (Å²) in [6.45, 7) is 2.12. The fourth-order valence-electron chi connectivity index (χ4n) is 1.27. The Morgan fingerprint density at radius 2 is 2.00 bits per heavy atom. The van der Waals surface area contributed by atoms with Crippen molar-refractivity contribution in [1.29, 1.82) is 0 Å². The number of hydrogen-bond acceptors (Lipinski definition) is 3. The number of hydrogen-bond donors (Lipinski definition) is 0. The molecule has 0 fully saturated rings. The molecule has 0 saturated carbocycles. The van der Waals surface area contributed by atoms with Crippen LogP contribution < -0.4 is 4.74 Å². The summed E-state index contributed by atoms with van der Waals surface area (Å²) in [5.41, 5.74) is 0.808. The third kappa shape index (κ3) is 3.83. The van der Waals surface area contributed by atoms with Gasteiger partial charge < -0.3 is 9.47 Å². The average Bonchev–Trinajstić information content (AvgIpc) is 2.29. The number of halogens is 3. The van der Waals surface area contributed by atoms with Gasteiger partial charge >= 0.3 is 5.97 Å². The van der Waals surface area contributed by atoms with E-state index in [0.29, 0.717) is 12.4 Å². The SMILES string of the molecule is CCOC(=O)/C=C/c1c(Br)cc(Br)c(OC)c1Br. The largest absolute Gasteiger partial charge is 0.494 e. The van der Waals surface area contributed by atoms with Crippen molar-refractivity contribution < 1.29 is 14.3 Å². The zero-order valence-electron chi connectivity index (χ0n) is 9.80. The summed E-state index contributed by atoms with van der Waals surface area (Å²) in [5, 5.41) is 0. The summed E-state index contributed by atoms with van der Waals surface area (Å²) in [4.78, 5) is 11.3. The van der Waals surface area contributed by atoms with E-state index in [2.05, 4.69) is 47.8 Å². The van der Waals surface area contributed by atoms with Crippen molar-refractivity contribution in [2.45, 2.75) is 6.92 Å². The van der Waals surface area contributed by atoms with Gasteiger partial charge in [0.05, 0.1) is 22.7 Å². The molecule has 3 nitrogen and oxygen atoms in total. The number of esters is 1. The minimum atomic E-state index is -0.377. The second-order valence-electron chi connectivity index (χ2n) is 3.19. The van der Waals surface area contributed by atoms with Gasteiger partial charge in [-0.15, -0.1) is 0 Å². The van der Waals surface area contributed by atoms with Crippen molar-refractivity contribution in [1.82, 2.24) is 0 Å². The molecule has 0 amide bonds. The van der Waals surface area contributed by atoms with Crippen molar-refractivity contribution in [3.63, 3.8) is 0 Å². The van der Waals surface area contributed by atoms with Gasteiger partial charge in [0.2, 0.25) is 0 Å². The molecular formula is C12H11Br3O3. The van der Waals surface area contributed by atoms with Crippen LogP contribution in [0, 0.1) is 0 Å². The second kappa shape index (κ2) is 7.31. The first kappa shape index (κ1) is 15.7. The summed E-state index contributed by atoms with van der Waals surface area (Å²) in [5.74, 6) is 0.292. The molecule has 0 N–H and O–H groups in total. The highest BCUT2D eigenvalue weighted by molar-refractivity contribution is 9.11. The minimum Gasteiger partial charge on any atom is -0.494 e. The van der Waals surface area contributed by atoms with Gasteiger partial charge in [-0.1, -0.05) is 15.9 Å². The van der Waals surface area contributed by atoms with Crippen molar-refractivity contribution in [2.24, 2.45) is 0 Å². The Labute approximate surface area is 131 Å².